The van der Waals surface area contributed by atoms with Gasteiger partial charge in [0.15, 0.2) is 0 Å². The maximum atomic E-state index is 13.8. The van der Waals surface area contributed by atoms with Gasteiger partial charge in [0.1, 0.15) is 5.75 Å². The molecule has 2 aliphatic rings. The first-order chi connectivity index (χ1) is 16.1. The van der Waals surface area contributed by atoms with Crippen LogP contribution >= 0.6 is 0 Å². The maximum Gasteiger partial charge on any atom is 0.259 e. The van der Waals surface area contributed by atoms with Crippen LogP contribution in [0.5, 0.6) is 5.75 Å². The van der Waals surface area contributed by atoms with Gasteiger partial charge in [0.05, 0.1) is 18.6 Å². The number of rotatable bonds is 5. The van der Waals surface area contributed by atoms with Crippen molar-refractivity contribution in [1.82, 2.24) is 5.32 Å². The molecule has 1 aliphatic carbocycles. The van der Waals surface area contributed by atoms with E-state index < -0.39 is 11.5 Å². The molecule has 0 saturated heterocycles. The van der Waals surface area contributed by atoms with Crippen molar-refractivity contribution in [1.29, 1.82) is 0 Å². The molecule has 5 nitrogen and oxygen atoms in total. The van der Waals surface area contributed by atoms with E-state index in [2.05, 4.69) is 5.32 Å². The van der Waals surface area contributed by atoms with Crippen molar-refractivity contribution >= 4 is 17.5 Å². The van der Waals surface area contributed by atoms with Crippen LogP contribution < -0.4 is 15.0 Å². The van der Waals surface area contributed by atoms with Gasteiger partial charge in [0.25, 0.3) is 5.91 Å². The van der Waals surface area contributed by atoms with Gasteiger partial charge in [-0.2, -0.15) is 0 Å². The second-order valence-electron chi connectivity index (χ2n) is 8.87. The van der Waals surface area contributed by atoms with Crippen LogP contribution in [-0.2, 0) is 11.3 Å². The average Bonchev–Trinajstić information content (AvgIpc) is 3.33. The Bertz CT molecular complexity index is 1150. The minimum absolute atomic E-state index is 0.0158. The Kier molecular flexibility index (Phi) is 5.63. The predicted molar refractivity (Wildman–Crippen MR) is 128 cm³/mol. The molecule has 3 aromatic rings. The molecule has 1 N–H and O–H groups in total. The molecule has 1 saturated carbocycles. The van der Waals surface area contributed by atoms with Gasteiger partial charge in [-0.1, -0.05) is 61.4 Å². The van der Waals surface area contributed by atoms with E-state index >= 15 is 0 Å². The molecule has 3 aromatic carbocycles. The monoisotopic (exact) mass is 440 g/mol. The number of benzene rings is 3. The molecular weight excluding hydrogens is 412 g/mol. The van der Waals surface area contributed by atoms with Crippen LogP contribution in [0.3, 0.4) is 0 Å². The summed E-state index contributed by atoms with van der Waals surface area (Å²) in [5.41, 5.74) is 2.75. The molecule has 1 spiro atoms. The number of anilines is 1. The fraction of sp³-hybridized carbons (Fsp3) is 0.286. The first kappa shape index (κ1) is 21.3. The Hall–Kier alpha value is -3.60. The summed E-state index contributed by atoms with van der Waals surface area (Å²) in [6.07, 6.45) is 3.62. The third-order valence-corrected chi connectivity index (χ3v) is 7.06. The summed E-state index contributed by atoms with van der Waals surface area (Å²) in [5, 5.41) is 3.17. The predicted octanol–water partition coefficient (Wildman–Crippen LogP) is 5.07. The number of nitrogens with zero attached hydrogens (tertiary/aromatic N) is 1. The molecule has 168 valence electrons. The number of fused-ring (bicyclic) bond motifs is 1. The van der Waals surface area contributed by atoms with E-state index in [0.717, 1.165) is 48.2 Å². The first-order valence-corrected chi connectivity index (χ1v) is 11.5. The van der Waals surface area contributed by atoms with Crippen LogP contribution in [-0.4, -0.2) is 24.5 Å². The van der Waals surface area contributed by atoms with Crippen LogP contribution in [0.4, 0.5) is 5.69 Å². The molecule has 1 aliphatic heterocycles. The van der Waals surface area contributed by atoms with E-state index in [1.807, 2.05) is 83.8 Å². The van der Waals surface area contributed by atoms with Crippen molar-refractivity contribution in [3.05, 3.63) is 95.6 Å². The molecule has 5 heteroatoms. The van der Waals surface area contributed by atoms with Crippen molar-refractivity contribution in [2.45, 2.75) is 43.7 Å². The molecule has 0 bridgehead atoms. The van der Waals surface area contributed by atoms with Crippen LogP contribution in [0.1, 0.15) is 53.1 Å². The highest BCUT2D eigenvalue weighted by molar-refractivity contribution is 6.12. The van der Waals surface area contributed by atoms with E-state index in [9.17, 15) is 9.59 Å². The molecule has 0 radical (unpaired) electrons. The highest BCUT2D eigenvalue weighted by atomic mass is 16.5. The molecule has 5 rings (SSSR count). The summed E-state index contributed by atoms with van der Waals surface area (Å²) in [5.74, 6) is 0.312. The van der Waals surface area contributed by atoms with Crippen molar-refractivity contribution < 1.29 is 14.3 Å². The summed E-state index contributed by atoms with van der Waals surface area (Å²) >= 11 is 0. The van der Waals surface area contributed by atoms with Gasteiger partial charge in [0, 0.05) is 17.8 Å². The number of methoxy groups -OCH3 is 1. The lowest BCUT2D eigenvalue weighted by atomic mass is 9.70. The third kappa shape index (κ3) is 3.67. The van der Waals surface area contributed by atoms with Gasteiger partial charge < -0.3 is 15.0 Å². The lowest BCUT2D eigenvalue weighted by Gasteiger charge is -2.50. The third-order valence-electron chi connectivity index (χ3n) is 7.06. The topological polar surface area (TPSA) is 58.6 Å². The average molecular weight is 441 g/mol. The zero-order chi connectivity index (χ0) is 22.8. The Labute approximate surface area is 194 Å². The molecule has 1 unspecified atom stereocenters. The van der Waals surface area contributed by atoms with Crippen LogP contribution in [0, 0.1) is 0 Å². The smallest absolute Gasteiger partial charge is 0.259 e. The molecule has 33 heavy (non-hydrogen) atoms. The summed E-state index contributed by atoms with van der Waals surface area (Å²) in [4.78, 5) is 29.5. The summed E-state index contributed by atoms with van der Waals surface area (Å²) in [6.45, 7) is 0.427. The van der Waals surface area contributed by atoms with Gasteiger partial charge in [-0.15, -0.1) is 0 Å². The highest BCUT2D eigenvalue weighted by Gasteiger charge is 2.56. The van der Waals surface area contributed by atoms with Gasteiger partial charge >= 0.3 is 0 Å². The van der Waals surface area contributed by atoms with E-state index in [1.54, 1.807) is 7.11 Å². The second-order valence-corrected chi connectivity index (χ2v) is 8.87. The quantitative estimate of drug-likeness (QED) is 0.603. The number of hydrogen-bond donors (Lipinski definition) is 1. The Morgan fingerprint density at radius 3 is 2.33 bits per heavy atom. The largest absolute Gasteiger partial charge is 0.497 e. The Morgan fingerprint density at radius 1 is 0.970 bits per heavy atom. The van der Waals surface area contributed by atoms with Crippen molar-refractivity contribution in [3.8, 4) is 5.75 Å². The SMILES string of the molecule is COc1ccc(CNC(=O)C2c3ccccc3C(=O)N(c3ccccc3)C23CCCC3)cc1. The molecule has 0 aromatic heterocycles. The summed E-state index contributed by atoms with van der Waals surface area (Å²) < 4.78 is 5.23. The minimum Gasteiger partial charge on any atom is -0.497 e. The van der Waals surface area contributed by atoms with Gasteiger partial charge in [-0.25, -0.2) is 0 Å². The second kappa shape index (κ2) is 8.74. The van der Waals surface area contributed by atoms with Crippen LogP contribution in [0.15, 0.2) is 78.9 Å². The number of hydrogen-bond acceptors (Lipinski definition) is 3. The van der Waals surface area contributed by atoms with E-state index in [-0.39, 0.29) is 11.8 Å². The van der Waals surface area contributed by atoms with Crippen LogP contribution in [0.2, 0.25) is 0 Å². The number of amides is 2. The highest BCUT2D eigenvalue weighted by Crippen LogP contribution is 2.51. The van der Waals surface area contributed by atoms with Crippen LogP contribution in [0.25, 0.3) is 0 Å². The van der Waals surface area contributed by atoms with E-state index in [4.69, 9.17) is 4.74 Å². The lowest BCUT2D eigenvalue weighted by molar-refractivity contribution is -0.124. The Morgan fingerprint density at radius 2 is 1.64 bits per heavy atom. The van der Waals surface area contributed by atoms with E-state index in [0.29, 0.717) is 12.1 Å². The standard InChI is InChI=1S/C28H28N2O3/c1-33-22-15-13-20(14-16-22)19-29-26(31)25-23-11-5-6-12-24(23)27(32)30(21-9-3-2-4-10-21)28(25)17-7-8-18-28/h2-6,9-16,25H,7-8,17-19H2,1H3,(H,29,31). The molecule has 1 heterocycles. The van der Waals surface area contributed by atoms with Crippen molar-refractivity contribution in [2.24, 2.45) is 0 Å². The molecular formula is C28H28N2O3. The molecule has 1 fully saturated rings. The van der Waals surface area contributed by atoms with Gasteiger partial charge in [0.2, 0.25) is 5.91 Å². The number of carbonyl (C=O) groups excluding carboxylic acids is 2. The normalized spacial score (nSPS) is 18.8. The molecule has 1 atom stereocenters. The van der Waals surface area contributed by atoms with Gasteiger partial charge in [-0.3, -0.25) is 9.59 Å². The van der Waals surface area contributed by atoms with Crippen molar-refractivity contribution in [3.63, 3.8) is 0 Å². The van der Waals surface area contributed by atoms with Crippen molar-refractivity contribution in [2.75, 3.05) is 12.0 Å². The number of nitrogens with one attached hydrogen (secondary N) is 1. The number of carbonyl (C=O) groups is 2. The van der Waals surface area contributed by atoms with E-state index in [1.165, 1.54) is 0 Å². The summed E-state index contributed by atoms with van der Waals surface area (Å²) in [6, 6.07) is 25.1. The minimum atomic E-state index is -0.559. The maximum absolute atomic E-state index is 13.8. The lowest BCUT2D eigenvalue weighted by Crippen LogP contribution is -2.61. The zero-order valence-corrected chi connectivity index (χ0v) is 18.8. The number of para-hydroxylation sites is 1. The Balaban J connectivity index is 1.54. The number of ether oxygens (including phenoxy) is 1. The first-order valence-electron chi connectivity index (χ1n) is 11.5. The van der Waals surface area contributed by atoms with Gasteiger partial charge in [-0.05, 0) is 54.3 Å². The zero-order valence-electron chi connectivity index (χ0n) is 18.8. The fourth-order valence-corrected chi connectivity index (χ4v) is 5.56. The summed E-state index contributed by atoms with van der Waals surface area (Å²) in [7, 11) is 1.64. The fourth-order valence-electron chi connectivity index (χ4n) is 5.56. The molecule has 2 amide bonds.